The van der Waals surface area contributed by atoms with Crippen LogP contribution in [-0.4, -0.2) is 22.2 Å². The Morgan fingerprint density at radius 2 is 1.27 bits per heavy atom. The first-order chi connectivity index (χ1) is 12.6. The van der Waals surface area contributed by atoms with Crippen molar-refractivity contribution in [3.05, 3.63) is 12.2 Å². The van der Waals surface area contributed by atoms with E-state index in [1.807, 2.05) is 6.08 Å². The van der Waals surface area contributed by atoms with Gasteiger partial charge in [0.05, 0.1) is 5.92 Å². The van der Waals surface area contributed by atoms with Crippen molar-refractivity contribution in [3.8, 4) is 0 Å². The smallest absolute Gasteiger partial charge is 0.310 e. The van der Waals surface area contributed by atoms with Gasteiger partial charge in [-0.15, -0.1) is 0 Å². The number of unbranched alkanes of at least 4 members (excludes halogenated alkanes) is 12. The Hall–Kier alpha value is -1.32. The maximum absolute atomic E-state index is 11.1. The molecule has 0 spiro atoms. The summed E-state index contributed by atoms with van der Waals surface area (Å²) in [6, 6.07) is 0. The van der Waals surface area contributed by atoms with E-state index in [-0.39, 0.29) is 6.42 Å². The number of aliphatic carboxylic acids is 2. The Balaban J connectivity index is 3.49. The van der Waals surface area contributed by atoms with Gasteiger partial charge in [-0.3, -0.25) is 9.59 Å². The van der Waals surface area contributed by atoms with E-state index in [9.17, 15) is 9.59 Å². The van der Waals surface area contributed by atoms with Crippen molar-refractivity contribution in [2.24, 2.45) is 5.92 Å². The van der Waals surface area contributed by atoms with Gasteiger partial charge in [-0.05, 0) is 25.7 Å². The standard InChI is InChI=1S/C22H40O4/c1-2-3-4-5-6-7-8-9-10-11-12-13-14-15-17-20(22(25)26)18-16-19-21(23)24/h15,17,20H,2-14,16,18-19H2,1H3,(H,23,24)(H,25,26). The van der Waals surface area contributed by atoms with Gasteiger partial charge in [0.1, 0.15) is 0 Å². The summed E-state index contributed by atoms with van der Waals surface area (Å²) in [6.07, 6.45) is 21.3. The molecule has 0 aromatic rings. The molecule has 0 aromatic heterocycles. The van der Waals surface area contributed by atoms with Crippen molar-refractivity contribution in [1.29, 1.82) is 0 Å². The van der Waals surface area contributed by atoms with Gasteiger partial charge in [0.15, 0.2) is 0 Å². The summed E-state index contributed by atoms with van der Waals surface area (Å²) >= 11 is 0. The van der Waals surface area contributed by atoms with Crippen molar-refractivity contribution >= 4 is 11.9 Å². The summed E-state index contributed by atoms with van der Waals surface area (Å²) in [5.74, 6) is -2.28. The highest BCUT2D eigenvalue weighted by Gasteiger charge is 2.13. The fraction of sp³-hybridized carbons (Fsp3) is 0.818. The summed E-state index contributed by atoms with van der Waals surface area (Å²) in [4.78, 5) is 21.6. The minimum Gasteiger partial charge on any atom is -0.481 e. The van der Waals surface area contributed by atoms with Gasteiger partial charge >= 0.3 is 11.9 Å². The van der Waals surface area contributed by atoms with Crippen molar-refractivity contribution in [1.82, 2.24) is 0 Å². The van der Waals surface area contributed by atoms with Gasteiger partial charge in [0.2, 0.25) is 0 Å². The molecule has 4 heteroatoms. The monoisotopic (exact) mass is 368 g/mol. The van der Waals surface area contributed by atoms with Crippen molar-refractivity contribution in [2.45, 2.75) is 110 Å². The number of carbonyl (C=O) groups is 2. The first kappa shape index (κ1) is 24.7. The van der Waals surface area contributed by atoms with E-state index in [2.05, 4.69) is 6.92 Å². The molecule has 0 aliphatic carbocycles. The third kappa shape index (κ3) is 17.5. The number of carboxylic acid groups (broad SMARTS) is 2. The molecule has 0 bridgehead atoms. The molecule has 0 fully saturated rings. The highest BCUT2D eigenvalue weighted by atomic mass is 16.4. The topological polar surface area (TPSA) is 74.6 Å². The largest absolute Gasteiger partial charge is 0.481 e. The Morgan fingerprint density at radius 3 is 1.73 bits per heavy atom. The van der Waals surface area contributed by atoms with Gasteiger partial charge in [0, 0.05) is 6.42 Å². The zero-order valence-corrected chi connectivity index (χ0v) is 16.8. The maximum Gasteiger partial charge on any atom is 0.310 e. The third-order valence-electron chi connectivity index (χ3n) is 4.82. The highest BCUT2D eigenvalue weighted by molar-refractivity contribution is 5.72. The fourth-order valence-corrected chi connectivity index (χ4v) is 3.14. The van der Waals surface area contributed by atoms with Gasteiger partial charge in [-0.2, -0.15) is 0 Å². The van der Waals surface area contributed by atoms with Gasteiger partial charge in [0.25, 0.3) is 0 Å². The molecule has 26 heavy (non-hydrogen) atoms. The maximum atomic E-state index is 11.1. The Kier molecular flexibility index (Phi) is 17.5. The summed E-state index contributed by atoms with van der Waals surface area (Å²) in [5.41, 5.74) is 0. The van der Waals surface area contributed by atoms with E-state index in [1.165, 1.54) is 70.6 Å². The minimum absolute atomic E-state index is 0.0381. The lowest BCUT2D eigenvalue weighted by Crippen LogP contribution is -2.11. The molecule has 2 N–H and O–H groups in total. The van der Waals surface area contributed by atoms with Crippen LogP contribution in [0.15, 0.2) is 12.2 Å². The Bertz CT molecular complexity index is 376. The van der Waals surface area contributed by atoms with Crippen LogP contribution in [0, 0.1) is 5.92 Å². The van der Waals surface area contributed by atoms with Crippen molar-refractivity contribution in [3.63, 3.8) is 0 Å². The van der Waals surface area contributed by atoms with Crippen molar-refractivity contribution < 1.29 is 19.8 Å². The molecule has 0 saturated carbocycles. The van der Waals surface area contributed by atoms with Crippen LogP contribution in [0.1, 0.15) is 110 Å². The summed E-state index contributed by atoms with van der Waals surface area (Å²) < 4.78 is 0. The molecule has 0 rings (SSSR count). The van der Waals surface area contributed by atoms with E-state index in [1.54, 1.807) is 6.08 Å². The second-order valence-corrected chi connectivity index (χ2v) is 7.34. The number of hydrogen-bond donors (Lipinski definition) is 2. The number of allylic oxidation sites excluding steroid dienone is 1. The molecular weight excluding hydrogens is 328 g/mol. The zero-order valence-electron chi connectivity index (χ0n) is 16.8. The average Bonchev–Trinajstić information content (AvgIpc) is 2.60. The van der Waals surface area contributed by atoms with E-state index >= 15 is 0 Å². The van der Waals surface area contributed by atoms with E-state index in [4.69, 9.17) is 10.2 Å². The van der Waals surface area contributed by atoms with Crippen LogP contribution < -0.4 is 0 Å². The number of carboxylic acids is 2. The molecule has 0 aliphatic heterocycles. The van der Waals surface area contributed by atoms with Crippen LogP contribution in [0.25, 0.3) is 0 Å². The molecule has 0 aromatic carbocycles. The SMILES string of the molecule is CCCCCCCCCCCCCCC=CC(CCCC(=O)O)C(=O)O. The summed E-state index contributed by atoms with van der Waals surface area (Å²) in [5, 5.41) is 17.8. The fourth-order valence-electron chi connectivity index (χ4n) is 3.14. The van der Waals surface area contributed by atoms with Crippen LogP contribution in [0.3, 0.4) is 0 Å². The molecule has 4 nitrogen and oxygen atoms in total. The molecule has 0 heterocycles. The molecular formula is C22H40O4. The van der Waals surface area contributed by atoms with Crippen LogP contribution in [-0.2, 0) is 9.59 Å². The average molecular weight is 369 g/mol. The molecule has 1 atom stereocenters. The zero-order chi connectivity index (χ0) is 19.5. The highest BCUT2D eigenvalue weighted by Crippen LogP contribution is 2.14. The lowest BCUT2D eigenvalue weighted by molar-refractivity contribution is -0.141. The second kappa shape index (κ2) is 18.5. The first-order valence-corrected chi connectivity index (χ1v) is 10.7. The number of rotatable bonds is 19. The molecule has 0 saturated heterocycles. The second-order valence-electron chi connectivity index (χ2n) is 7.34. The summed E-state index contributed by atoms with van der Waals surface area (Å²) in [7, 11) is 0. The van der Waals surface area contributed by atoms with E-state index in [0.29, 0.717) is 12.8 Å². The summed E-state index contributed by atoms with van der Waals surface area (Å²) in [6.45, 7) is 2.25. The Morgan fingerprint density at radius 1 is 0.769 bits per heavy atom. The molecule has 152 valence electrons. The molecule has 1 unspecified atom stereocenters. The predicted molar refractivity (Wildman–Crippen MR) is 107 cm³/mol. The minimum atomic E-state index is -0.866. The van der Waals surface area contributed by atoms with Gasteiger partial charge in [-0.1, -0.05) is 89.7 Å². The number of hydrogen-bond acceptors (Lipinski definition) is 2. The normalized spacial score (nSPS) is 12.5. The lowest BCUT2D eigenvalue weighted by Gasteiger charge is -2.06. The molecule has 0 aliphatic rings. The molecule has 0 radical (unpaired) electrons. The third-order valence-corrected chi connectivity index (χ3v) is 4.82. The van der Waals surface area contributed by atoms with Crippen molar-refractivity contribution in [2.75, 3.05) is 0 Å². The van der Waals surface area contributed by atoms with Gasteiger partial charge in [-0.25, -0.2) is 0 Å². The van der Waals surface area contributed by atoms with Crippen LogP contribution in [0.5, 0.6) is 0 Å². The van der Waals surface area contributed by atoms with E-state index in [0.717, 1.165) is 12.8 Å². The van der Waals surface area contributed by atoms with Crippen LogP contribution >= 0.6 is 0 Å². The quantitative estimate of drug-likeness (QED) is 0.199. The van der Waals surface area contributed by atoms with Gasteiger partial charge < -0.3 is 10.2 Å². The lowest BCUT2D eigenvalue weighted by atomic mass is 10.0. The van der Waals surface area contributed by atoms with E-state index < -0.39 is 17.9 Å². The van der Waals surface area contributed by atoms with Crippen LogP contribution in [0.2, 0.25) is 0 Å². The Labute approximate surface area is 160 Å². The first-order valence-electron chi connectivity index (χ1n) is 10.7. The van der Waals surface area contributed by atoms with Crippen LogP contribution in [0.4, 0.5) is 0 Å². The molecule has 0 amide bonds. The predicted octanol–water partition coefficient (Wildman–Crippen LogP) is 6.59.